The molecule has 172 valence electrons. The van der Waals surface area contributed by atoms with Gasteiger partial charge in [0, 0.05) is 59.3 Å². The summed E-state index contributed by atoms with van der Waals surface area (Å²) in [6.07, 6.45) is 2.17. The van der Waals surface area contributed by atoms with Crippen LogP contribution in [-0.4, -0.2) is 29.8 Å². The summed E-state index contributed by atoms with van der Waals surface area (Å²) in [4.78, 5) is 33.3. The monoisotopic (exact) mass is 444 g/mol. The van der Waals surface area contributed by atoms with Crippen molar-refractivity contribution >= 4 is 23.2 Å². The van der Waals surface area contributed by atoms with E-state index in [2.05, 4.69) is 58.6 Å². The Morgan fingerprint density at radius 2 is 1.82 bits per heavy atom. The van der Waals surface area contributed by atoms with Crippen LogP contribution in [0.3, 0.4) is 0 Å². The predicted molar refractivity (Wildman–Crippen MR) is 132 cm³/mol. The number of Topliss-reactive ketones (excluding diaryl/α,β-unsaturated/α-hetero) is 1. The summed E-state index contributed by atoms with van der Waals surface area (Å²) < 4.78 is 0. The highest BCUT2D eigenvalue weighted by Crippen LogP contribution is 2.42. The van der Waals surface area contributed by atoms with E-state index in [4.69, 9.17) is 0 Å². The van der Waals surface area contributed by atoms with Gasteiger partial charge in [0.1, 0.15) is 5.82 Å². The Labute approximate surface area is 195 Å². The molecule has 1 aromatic carbocycles. The number of hydrogen-bond donors (Lipinski definition) is 2. The lowest BCUT2D eigenvalue weighted by atomic mass is 9.75. The topological polar surface area (TPSA) is 74.3 Å². The molecule has 2 heterocycles. The van der Waals surface area contributed by atoms with E-state index in [1.54, 1.807) is 6.07 Å². The third-order valence-electron chi connectivity index (χ3n) is 6.51. The number of anilines is 2. The lowest BCUT2D eigenvalue weighted by Gasteiger charge is -2.34. The Morgan fingerprint density at radius 1 is 1.09 bits per heavy atom. The second kappa shape index (κ2) is 9.61. The number of aromatic nitrogens is 1. The summed E-state index contributed by atoms with van der Waals surface area (Å²) in [7, 11) is 0. The lowest BCUT2D eigenvalue weighted by molar-refractivity contribution is -0.116. The van der Waals surface area contributed by atoms with Gasteiger partial charge in [0.2, 0.25) is 0 Å². The average molecular weight is 445 g/mol. The molecule has 1 atom stereocenters. The molecular formula is C27H32N4O2. The maximum absolute atomic E-state index is 13.5. The van der Waals surface area contributed by atoms with E-state index in [9.17, 15) is 9.59 Å². The Hall–Kier alpha value is -3.41. The van der Waals surface area contributed by atoms with E-state index in [0.717, 1.165) is 59.8 Å². The highest BCUT2D eigenvalue weighted by Gasteiger charge is 2.38. The van der Waals surface area contributed by atoms with Crippen molar-refractivity contribution in [2.24, 2.45) is 0 Å². The van der Waals surface area contributed by atoms with Crippen molar-refractivity contribution in [3.63, 3.8) is 0 Å². The number of allylic oxidation sites excluding steroid dienone is 3. The maximum Gasteiger partial charge on any atom is 0.255 e. The Bertz CT molecular complexity index is 1130. The zero-order valence-electron chi connectivity index (χ0n) is 19.9. The van der Waals surface area contributed by atoms with E-state index in [-0.39, 0.29) is 11.7 Å². The number of benzene rings is 1. The lowest BCUT2D eigenvalue weighted by Crippen LogP contribution is -2.35. The number of pyridine rings is 1. The van der Waals surface area contributed by atoms with Crippen molar-refractivity contribution in [1.29, 1.82) is 0 Å². The first kappa shape index (κ1) is 22.8. The molecule has 2 aromatic rings. The molecule has 0 saturated heterocycles. The van der Waals surface area contributed by atoms with Gasteiger partial charge in [-0.15, -0.1) is 0 Å². The highest BCUT2D eigenvalue weighted by molar-refractivity contribution is 6.09. The van der Waals surface area contributed by atoms with E-state index >= 15 is 0 Å². The molecule has 1 amide bonds. The maximum atomic E-state index is 13.5. The SMILES string of the molecule is CCN(CC)c1ccc(C2C(C(=O)Nc3cccc(C)n3)=C(C)NC3=C2C(=O)CCC3)cc1. The number of nitrogens with one attached hydrogen (secondary N) is 2. The Kier molecular flexibility index (Phi) is 6.63. The molecule has 6 nitrogen and oxygen atoms in total. The summed E-state index contributed by atoms with van der Waals surface area (Å²) >= 11 is 0. The van der Waals surface area contributed by atoms with Crippen LogP contribution in [-0.2, 0) is 9.59 Å². The molecule has 0 radical (unpaired) electrons. The van der Waals surface area contributed by atoms with Gasteiger partial charge in [-0.3, -0.25) is 9.59 Å². The second-order valence-corrected chi connectivity index (χ2v) is 8.65. The van der Waals surface area contributed by atoms with Crippen LogP contribution in [0.15, 0.2) is 65.0 Å². The quantitative estimate of drug-likeness (QED) is 0.667. The van der Waals surface area contributed by atoms with Crippen molar-refractivity contribution in [3.05, 3.63) is 76.3 Å². The largest absolute Gasteiger partial charge is 0.372 e. The molecule has 1 aliphatic carbocycles. The molecule has 33 heavy (non-hydrogen) atoms. The zero-order valence-corrected chi connectivity index (χ0v) is 19.9. The minimum absolute atomic E-state index is 0.119. The number of aryl methyl sites for hydroxylation is 1. The van der Waals surface area contributed by atoms with Gasteiger partial charge in [-0.25, -0.2) is 4.98 Å². The van der Waals surface area contributed by atoms with Crippen LogP contribution in [0.1, 0.15) is 57.2 Å². The van der Waals surface area contributed by atoms with Gasteiger partial charge in [-0.05, 0) is 70.4 Å². The molecule has 4 rings (SSSR count). The number of carbonyl (C=O) groups excluding carboxylic acids is 2. The zero-order chi connectivity index (χ0) is 23.5. The van der Waals surface area contributed by atoms with Crippen molar-refractivity contribution in [2.45, 2.75) is 52.9 Å². The Balaban J connectivity index is 1.75. The fourth-order valence-electron chi connectivity index (χ4n) is 4.88. The Morgan fingerprint density at radius 3 is 2.48 bits per heavy atom. The van der Waals surface area contributed by atoms with Gasteiger partial charge >= 0.3 is 0 Å². The van der Waals surface area contributed by atoms with Crippen LogP contribution in [0.2, 0.25) is 0 Å². The molecule has 0 bridgehead atoms. The van der Waals surface area contributed by atoms with E-state index < -0.39 is 5.92 Å². The number of rotatable bonds is 6. The van der Waals surface area contributed by atoms with Gasteiger partial charge in [0.05, 0.1) is 0 Å². The van der Waals surface area contributed by atoms with Gasteiger partial charge < -0.3 is 15.5 Å². The third-order valence-corrected chi connectivity index (χ3v) is 6.51. The standard InChI is InChI=1S/C27H32N4O2/c1-5-31(6-2)20-15-13-19(14-16-20)25-24(27(33)30-23-12-7-9-17(3)28-23)18(4)29-21-10-8-11-22(32)26(21)25/h7,9,12-16,25,29H,5-6,8,10-11H2,1-4H3,(H,28,30,33). The summed E-state index contributed by atoms with van der Waals surface area (Å²) in [5.74, 6) is -0.0100. The number of ketones is 1. The van der Waals surface area contributed by atoms with E-state index in [1.807, 2.05) is 26.0 Å². The van der Waals surface area contributed by atoms with Crippen molar-refractivity contribution in [3.8, 4) is 0 Å². The van der Waals surface area contributed by atoms with Crippen molar-refractivity contribution in [2.75, 3.05) is 23.3 Å². The highest BCUT2D eigenvalue weighted by atomic mass is 16.2. The molecule has 0 spiro atoms. The minimum Gasteiger partial charge on any atom is -0.372 e. The number of hydrogen-bond acceptors (Lipinski definition) is 5. The van der Waals surface area contributed by atoms with Gasteiger partial charge in [0.15, 0.2) is 5.78 Å². The van der Waals surface area contributed by atoms with Crippen molar-refractivity contribution < 1.29 is 9.59 Å². The van der Waals surface area contributed by atoms with Gasteiger partial charge in [-0.2, -0.15) is 0 Å². The average Bonchev–Trinajstić information content (AvgIpc) is 2.79. The summed E-state index contributed by atoms with van der Waals surface area (Å²) in [6, 6.07) is 13.8. The first-order chi connectivity index (χ1) is 15.9. The molecule has 1 aliphatic heterocycles. The molecule has 1 aromatic heterocycles. The predicted octanol–water partition coefficient (Wildman–Crippen LogP) is 4.84. The van der Waals surface area contributed by atoms with Crippen LogP contribution < -0.4 is 15.5 Å². The van der Waals surface area contributed by atoms with Gasteiger partial charge in [-0.1, -0.05) is 18.2 Å². The van der Waals surface area contributed by atoms with Gasteiger partial charge in [0.25, 0.3) is 5.91 Å². The first-order valence-corrected chi connectivity index (χ1v) is 11.8. The summed E-state index contributed by atoms with van der Waals surface area (Å²) in [5, 5.41) is 6.32. The van der Waals surface area contributed by atoms with E-state index in [1.165, 1.54) is 0 Å². The number of amides is 1. The first-order valence-electron chi connectivity index (χ1n) is 11.8. The minimum atomic E-state index is -0.399. The van der Waals surface area contributed by atoms with Crippen LogP contribution >= 0.6 is 0 Å². The molecule has 6 heteroatoms. The molecule has 0 fully saturated rings. The molecule has 1 unspecified atom stereocenters. The molecule has 2 aliphatic rings. The normalized spacial score (nSPS) is 18.1. The van der Waals surface area contributed by atoms with Crippen LogP contribution in [0.25, 0.3) is 0 Å². The summed E-state index contributed by atoms with van der Waals surface area (Å²) in [5.41, 5.74) is 5.96. The van der Waals surface area contributed by atoms with E-state index in [0.29, 0.717) is 17.8 Å². The van der Waals surface area contributed by atoms with Crippen molar-refractivity contribution in [1.82, 2.24) is 10.3 Å². The van der Waals surface area contributed by atoms with Crippen LogP contribution in [0.5, 0.6) is 0 Å². The fraction of sp³-hybridized carbons (Fsp3) is 0.370. The molecule has 2 N–H and O–H groups in total. The third kappa shape index (κ3) is 4.56. The number of carbonyl (C=O) groups is 2. The molecule has 0 saturated carbocycles. The fourth-order valence-corrected chi connectivity index (χ4v) is 4.88. The smallest absolute Gasteiger partial charge is 0.255 e. The van der Waals surface area contributed by atoms with Crippen LogP contribution in [0, 0.1) is 6.92 Å². The molecular weight excluding hydrogens is 412 g/mol. The number of dihydropyridines is 1. The summed E-state index contributed by atoms with van der Waals surface area (Å²) in [6.45, 7) is 9.92. The van der Waals surface area contributed by atoms with Crippen LogP contribution in [0.4, 0.5) is 11.5 Å². The number of nitrogens with zero attached hydrogens (tertiary/aromatic N) is 2. The second-order valence-electron chi connectivity index (χ2n) is 8.65.